The summed E-state index contributed by atoms with van der Waals surface area (Å²) in [5.74, 6) is -0.938. The molecule has 1 aliphatic heterocycles. The maximum absolute atomic E-state index is 12.9. The molecule has 2 aromatic carbocycles. The molecule has 0 amide bonds. The maximum Gasteiger partial charge on any atom is 0.368 e. The van der Waals surface area contributed by atoms with E-state index in [9.17, 15) is 13.2 Å². The topological polar surface area (TPSA) is 101 Å². The number of carbonyl (C=O) groups is 1. The van der Waals surface area contributed by atoms with Gasteiger partial charge in [-0.15, -0.1) is 0 Å². The van der Waals surface area contributed by atoms with Crippen molar-refractivity contribution in [3.05, 3.63) is 53.1 Å². The van der Waals surface area contributed by atoms with E-state index in [0.29, 0.717) is 16.2 Å². The van der Waals surface area contributed by atoms with Crippen LogP contribution in [0.3, 0.4) is 0 Å². The third kappa shape index (κ3) is 3.44. The highest BCUT2D eigenvalue weighted by molar-refractivity contribution is 7.94. The lowest BCUT2D eigenvalue weighted by Gasteiger charge is -2.21. The van der Waals surface area contributed by atoms with Crippen LogP contribution in [0.15, 0.2) is 42.5 Å². The van der Waals surface area contributed by atoms with E-state index in [-0.39, 0.29) is 5.13 Å². The molecule has 1 aromatic heterocycles. The first-order valence-corrected chi connectivity index (χ1v) is 10.5. The van der Waals surface area contributed by atoms with E-state index in [2.05, 4.69) is 15.3 Å². The smallest absolute Gasteiger partial charge is 0.347 e. The number of aryl methyl sites for hydroxylation is 1. The first kappa shape index (κ1) is 18.0. The molecule has 1 aliphatic rings. The summed E-state index contributed by atoms with van der Waals surface area (Å²) in [5.41, 5.74) is 4.42. The number of nitrogens with one attached hydrogen (secondary N) is 2. The third-order valence-electron chi connectivity index (χ3n) is 3.87. The largest absolute Gasteiger partial charge is 0.368 e. The van der Waals surface area contributed by atoms with Crippen LogP contribution in [0.2, 0.25) is 5.02 Å². The van der Waals surface area contributed by atoms with Gasteiger partial charge in [0.15, 0.2) is 5.13 Å². The van der Waals surface area contributed by atoms with Gasteiger partial charge in [0.25, 0.3) is 15.4 Å². The van der Waals surface area contributed by atoms with Gasteiger partial charge in [0.1, 0.15) is 0 Å². The molecule has 0 spiro atoms. The Morgan fingerprint density at radius 2 is 2.00 bits per heavy atom. The molecule has 27 heavy (non-hydrogen) atoms. The van der Waals surface area contributed by atoms with Crippen molar-refractivity contribution < 1.29 is 18.0 Å². The number of hydrazine groups is 1. The molecule has 11 heteroatoms. The van der Waals surface area contributed by atoms with E-state index >= 15 is 0 Å². The summed E-state index contributed by atoms with van der Waals surface area (Å²) < 4.78 is 28.8. The number of thiazole rings is 1. The van der Waals surface area contributed by atoms with Crippen LogP contribution >= 0.6 is 22.9 Å². The molecule has 2 N–H and O–H groups in total. The van der Waals surface area contributed by atoms with Gasteiger partial charge in [0.05, 0.1) is 15.9 Å². The summed E-state index contributed by atoms with van der Waals surface area (Å²) in [4.78, 5) is 21.1. The molecular formula is C16H13ClN4O4S2. The SMILES string of the molecule is Cc1ccc(N2NOC(=O)C2S(=O)(=O)Nc2nc3ccc(Cl)cc3s2)cc1. The van der Waals surface area contributed by atoms with Crippen molar-refractivity contribution in [1.82, 2.24) is 10.6 Å². The monoisotopic (exact) mass is 424 g/mol. The Balaban J connectivity index is 1.65. The quantitative estimate of drug-likeness (QED) is 0.664. The fraction of sp³-hybridized carbons (Fsp3) is 0.125. The Hall–Kier alpha value is -2.40. The number of rotatable bonds is 4. The van der Waals surface area contributed by atoms with Gasteiger partial charge in [-0.1, -0.05) is 46.2 Å². The minimum Gasteiger partial charge on any atom is -0.347 e. The molecule has 0 radical (unpaired) electrons. The number of fused-ring (bicyclic) bond motifs is 1. The lowest BCUT2D eigenvalue weighted by atomic mass is 10.2. The zero-order valence-electron chi connectivity index (χ0n) is 13.8. The molecule has 3 aromatic rings. The number of aromatic nitrogens is 1. The van der Waals surface area contributed by atoms with E-state index in [1.54, 1.807) is 42.5 Å². The average Bonchev–Trinajstić information content (AvgIpc) is 3.18. The number of hydrogen-bond donors (Lipinski definition) is 2. The molecule has 140 valence electrons. The van der Waals surface area contributed by atoms with Gasteiger partial charge in [0, 0.05) is 5.02 Å². The number of sulfonamides is 1. The van der Waals surface area contributed by atoms with Crippen LogP contribution in [0.4, 0.5) is 10.8 Å². The fourth-order valence-electron chi connectivity index (χ4n) is 2.58. The summed E-state index contributed by atoms with van der Waals surface area (Å²) in [7, 11) is -4.17. The van der Waals surface area contributed by atoms with Gasteiger partial charge in [-0.25, -0.2) is 23.2 Å². The highest BCUT2D eigenvalue weighted by Gasteiger charge is 2.46. The van der Waals surface area contributed by atoms with Gasteiger partial charge >= 0.3 is 5.97 Å². The summed E-state index contributed by atoms with van der Waals surface area (Å²) in [6, 6.07) is 12.0. The van der Waals surface area contributed by atoms with E-state index in [0.717, 1.165) is 26.6 Å². The summed E-state index contributed by atoms with van der Waals surface area (Å²) in [6.07, 6.45) is 0. The number of anilines is 2. The Morgan fingerprint density at radius 1 is 1.26 bits per heavy atom. The van der Waals surface area contributed by atoms with Crippen LogP contribution < -0.4 is 15.3 Å². The molecule has 1 unspecified atom stereocenters. The molecule has 1 atom stereocenters. The standard InChI is InChI=1S/C16H13ClN4O4S2/c1-9-2-5-11(6-3-9)21-14(15(22)25-20-21)27(23,24)19-16-18-12-7-4-10(17)8-13(12)26-16/h2-8,14,20H,1H3,(H,18,19). The summed E-state index contributed by atoms with van der Waals surface area (Å²) in [5, 5.41) is 0.204. The van der Waals surface area contributed by atoms with Crippen molar-refractivity contribution in [3.8, 4) is 0 Å². The molecule has 0 saturated carbocycles. The molecular weight excluding hydrogens is 412 g/mol. The van der Waals surface area contributed by atoms with E-state index in [1.807, 2.05) is 6.92 Å². The minimum atomic E-state index is -4.17. The van der Waals surface area contributed by atoms with Gasteiger partial charge in [-0.2, -0.15) is 0 Å². The van der Waals surface area contributed by atoms with Crippen LogP contribution in [-0.4, -0.2) is 24.7 Å². The lowest BCUT2D eigenvalue weighted by Crippen LogP contribution is -2.46. The lowest BCUT2D eigenvalue weighted by molar-refractivity contribution is -0.142. The molecule has 0 bridgehead atoms. The van der Waals surface area contributed by atoms with Crippen molar-refractivity contribution in [1.29, 1.82) is 0 Å². The van der Waals surface area contributed by atoms with Gasteiger partial charge in [-0.05, 0) is 37.3 Å². The second kappa shape index (κ2) is 6.64. The Kier molecular flexibility index (Phi) is 4.42. The molecule has 1 fully saturated rings. The average molecular weight is 425 g/mol. The zero-order chi connectivity index (χ0) is 19.2. The van der Waals surface area contributed by atoms with Crippen molar-refractivity contribution in [3.63, 3.8) is 0 Å². The van der Waals surface area contributed by atoms with Gasteiger partial charge in [-0.3, -0.25) is 4.72 Å². The summed E-state index contributed by atoms with van der Waals surface area (Å²) >= 11 is 7.07. The van der Waals surface area contributed by atoms with Crippen LogP contribution in [0.1, 0.15) is 5.56 Å². The molecule has 8 nitrogen and oxygen atoms in total. The Labute approximate surface area is 163 Å². The van der Waals surface area contributed by atoms with E-state index in [4.69, 9.17) is 16.4 Å². The highest BCUT2D eigenvalue weighted by atomic mass is 35.5. The van der Waals surface area contributed by atoms with Crippen molar-refractivity contribution in [2.75, 3.05) is 9.73 Å². The molecule has 0 aliphatic carbocycles. The molecule has 2 heterocycles. The molecule has 1 saturated heterocycles. The first-order valence-electron chi connectivity index (χ1n) is 7.73. The van der Waals surface area contributed by atoms with E-state index in [1.165, 1.54) is 0 Å². The normalized spacial score (nSPS) is 17.3. The predicted molar refractivity (Wildman–Crippen MR) is 104 cm³/mol. The van der Waals surface area contributed by atoms with Crippen LogP contribution in [0.25, 0.3) is 10.2 Å². The van der Waals surface area contributed by atoms with Crippen molar-refractivity contribution in [2.24, 2.45) is 0 Å². The maximum atomic E-state index is 12.9. The number of benzene rings is 2. The second-order valence-electron chi connectivity index (χ2n) is 5.85. The van der Waals surface area contributed by atoms with Gasteiger partial charge in [0.2, 0.25) is 0 Å². The van der Waals surface area contributed by atoms with Crippen LogP contribution in [0, 0.1) is 6.92 Å². The van der Waals surface area contributed by atoms with Crippen LogP contribution in [0.5, 0.6) is 0 Å². The zero-order valence-corrected chi connectivity index (χ0v) is 16.2. The predicted octanol–water partition coefficient (Wildman–Crippen LogP) is 2.81. The minimum absolute atomic E-state index is 0.135. The third-order valence-corrected chi connectivity index (χ3v) is 6.63. The first-order chi connectivity index (χ1) is 12.8. The number of halogens is 1. The van der Waals surface area contributed by atoms with Crippen molar-refractivity contribution in [2.45, 2.75) is 12.3 Å². The molecule has 4 rings (SSSR count). The van der Waals surface area contributed by atoms with Crippen molar-refractivity contribution >= 4 is 60.0 Å². The van der Waals surface area contributed by atoms with Gasteiger partial charge < -0.3 is 4.84 Å². The summed E-state index contributed by atoms with van der Waals surface area (Å²) in [6.45, 7) is 1.90. The second-order valence-corrected chi connectivity index (χ2v) is 9.06. The number of nitrogens with zero attached hydrogens (tertiary/aromatic N) is 2. The highest BCUT2D eigenvalue weighted by Crippen LogP contribution is 2.30. The number of hydrogen-bond acceptors (Lipinski definition) is 8. The fourth-order valence-corrected chi connectivity index (χ4v) is 5.23. The Bertz CT molecular complexity index is 1130. The van der Waals surface area contributed by atoms with Crippen LogP contribution in [-0.2, 0) is 19.7 Å². The number of carbonyl (C=O) groups excluding carboxylic acids is 1. The Morgan fingerprint density at radius 3 is 2.74 bits per heavy atom. The van der Waals surface area contributed by atoms with E-state index < -0.39 is 21.4 Å².